The maximum Gasteiger partial charge on any atom is 0.324 e. The Kier molecular flexibility index (Phi) is 4.46. The molecule has 6 nitrogen and oxygen atoms in total. The zero-order valence-corrected chi connectivity index (χ0v) is 13.5. The third kappa shape index (κ3) is 3.56. The summed E-state index contributed by atoms with van der Waals surface area (Å²) >= 11 is 3.08. The number of aliphatic imine (C=N–C) groups is 1. The van der Waals surface area contributed by atoms with Gasteiger partial charge in [0.25, 0.3) is 0 Å². The lowest BCUT2D eigenvalue weighted by Crippen LogP contribution is -2.47. The number of hydrogen-bond acceptors (Lipinski definition) is 7. The Bertz CT molecular complexity index is 552. The van der Waals surface area contributed by atoms with Crippen molar-refractivity contribution in [3.05, 3.63) is 27.1 Å². The molecule has 0 aromatic carbocycles. The van der Waals surface area contributed by atoms with Crippen LogP contribution in [-0.2, 0) is 6.54 Å². The number of thioether (sulfide) groups is 1. The van der Waals surface area contributed by atoms with Gasteiger partial charge in [0.05, 0.1) is 11.5 Å². The average molecular weight is 326 g/mol. The SMILES string of the molecule is C[C@@H]1CN=C(N2CCN(Cc3csc([N+](=O)[O-])c3)CC2)S1. The predicted molar refractivity (Wildman–Crippen MR) is 87.2 cm³/mol. The molecular formula is C13H18N4O2S2. The molecule has 114 valence electrons. The van der Waals surface area contributed by atoms with Crippen LogP contribution in [0.15, 0.2) is 16.4 Å². The van der Waals surface area contributed by atoms with Gasteiger partial charge in [-0.3, -0.25) is 20.0 Å². The summed E-state index contributed by atoms with van der Waals surface area (Å²) in [5, 5.41) is 14.6. The van der Waals surface area contributed by atoms with Gasteiger partial charge >= 0.3 is 5.00 Å². The van der Waals surface area contributed by atoms with Gasteiger partial charge < -0.3 is 4.90 Å². The Morgan fingerprint density at radius 1 is 1.43 bits per heavy atom. The molecule has 21 heavy (non-hydrogen) atoms. The van der Waals surface area contributed by atoms with Crippen molar-refractivity contribution in [2.45, 2.75) is 18.7 Å². The van der Waals surface area contributed by atoms with Crippen molar-refractivity contribution in [1.29, 1.82) is 0 Å². The van der Waals surface area contributed by atoms with Crippen molar-refractivity contribution < 1.29 is 4.92 Å². The van der Waals surface area contributed by atoms with E-state index in [1.54, 1.807) is 6.07 Å². The van der Waals surface area contributed by atoms with E-state index >= 15 is 0 Å². The molecule has 1 fully saturated rings. The monoisotopic (exact) mass is 326 g/mol. The lowest BCUT2D eigenvalue weighted by atomic mass is 10.2. The van der Waals surface area contributed by atoms with E-state index in [1.807, 2.05) is 17.1 Å². The molecule has 0 aliphatic carbocycles. The maximum atomic E-state index is 10.7. The third-order valence-corrected chi connectivity index (χ3v) is 5.74. The highest BCUT2D eigenvalue weighted by atomic mass is 32.2. The molecule has 8 heteroatoms. The second kappa shape index (κ2) is 6.33. The van der Waals surface area contributed by atoms with E-state index in [2.05, 4.69) is 21.7 Å². The van der Waals surface area contributed by atoms with Crippen LogP contribution >= 0.6 is 23.1 Å². The van der Waals surface area contributed by atoms with Crippen LogP contribution in [0.1, 0.15) is 12.5 Å². The van der Waals surface area contributed by atoms with Gasteiger partial charge in [0.1, 0.15) is 0 Å². The Morgan fingerprint density at radius 3 is 2.76 bits per heavy atom. The van der Waals surface area contributed by atoms with E-state index in [4.69, 9.17) is 0 Å². The second-order valence-corrected chi connectivity index (χ2v) is 7.66. The summed E-state index contributed by atoms with van der Waals surface area (Å²) in [6.07, 6.45) is 0. The molecule has 3 heterocycles. The second-order valence-electron chi connectivity index (χ2n) is 5.37. The number of thiophene rings is 1. The molecule has 0 spiro atoms. The number of nitrogens with zero attached hydrogens (tertiary/aromatic N) is 4. The third-order valence-electron chi connectivity index (χ3n) is 3.66. The molecule has 0 N–H and O–H groups in total. The number of amidine groups is 1. The minimum Gasteiger partial charge on any atom is -0.349 e. The fraction of sp³-hybridized carbons (Fsp3) is 0.615. The van der Waals surface area contributed by atoms with Crippen LogP contribution in [0.5, 0.6) is 0 Å². The molecule has 0 unspecified atom stereocenters. The zero-order valence-electron chi connectivity index (χ0n) is 11.9. The number of piperazine rings is 1. The van der Waals surface area contributed by atoms with Gasteiger partial charge in [0, 0.05) is 49.4 Å². The summed E-state index contributed by atoms with van der Waals surface area (Å²) in [6, 6.07) is 1.69. The van der Waals surface area contributed by atoms with E-state index < -0.39 is 0 Å². The lowest BCUT2D eigenvalue weighted by Gasteiger charge is -2.35. The van der Waals surface area contributed by atoms with Gasteiger partial charge in [-0.25, -0.2) is 0 Å². The van der Waals surface area contributed by atoms with E-state index in [0.29, 0.717) is 5.25 Å². The first-order valence-electron chi connectivity index (χ1n) is 7.02. The van der Waals surface area contributed by atoms with Crippen molar-refractivity contribution in [2.75, 3.05) is 32.7 Å². The largest absolute Gasteiger partial charge is 0.349 e. The van der Waals surface area contributed by atoms with E-state index in [9.17, 15) is 10.1 Å². The summed E-state index contributed by atoms with van der Waals surface area (Å²) in [5.74, 6) is 0. The van der Waals surface area contributed by atoms with Crippen LogP contribution in [0.4, 0.5) is 5.00 Å². The topological polar surface area (TPSA) is 62.0 Å². The molecule has 0 saturated carbocycles. The first kappa shape index (κ1) is 14.8. The highest BCUT2D eigenvalue weighted by molar-refractivity contribution is 8.14. The van der Waals surface area contributed by atoms with Crippen molar-refractivity contribution in [2.24, 2.45) is 4.99 Å². The van der Waals surface area contributed by atoms with Crippen molar-refractivity contribution in [3.63, 3.8) is 0 Å². The highest BCUT2D eigenvalue weighted by Gasteiger charge is 2.25. The molecule has 1 atom stereocenters. The van der Waals surface area contributed by atoms with Crippen LogP contribution in [0.25, 0.3) is 0 Å². The molecule has 1 aromatic rings. The van der Waals surface area contributed by atoms with Crippen LogP contribution in [0, 0.1) is 10.1 Å². The summed E-state index contributed by atoms with van der Waals surface area (Å²) in [6.45, 7) is 7.89. The van der Waals surface area contributed by atoms with Gasteiger partial charge in [-0.2, -0.15) is 0 Å². The van der Waals surface area contributed by atoms with Crippen LogP contribution in [-0.4, -0.2) is 57.9 Å². The smallest absolute Gasteiger partial charge is 0.324 e. The van der Waals surface area contributed by atoms with Crippen LogP contribution < -0.4 is 0 Å². The van der Waals surface area contributed by atoms with Gasteiger partial charge in [-0.1, -0.05) is 30.0 Å². The van der Waals surface area contributed by atoms with Crippen LogP contribution in [0.2, 0.25) is 0 Å². The summed E-state index contributed by atoms with van der Waals surface area (Å²) in [4.78, 5) is 19.7. The molecule has 0 radical (unpaired) electrons. The maximum absolute atomic E-state index is 10.7. The molecule has 2 aliphatic rings. The van der Waals surface area contributed by atoms with E-state index in [0.717, 1.165) is 44.8 Å². The summed E-state index contributed by atoms with van der Waals surface area (Å²) in [5.41, 5.74) is 1.04. The minimum atomic E-state index is -0.317. The standard InChI is InChI=1S/C13H18N4O2S2/c1-10-7-14-13(21-10)16-4-2-15(3-5-16)8-11-6-12(17(18)19)20-9-11/h6,9-10H,2-5,7-8H2,1H3/t10-/m1/s1. The number of rotatable bonds is 3. The van der Waals surface area contributed by atoms with Crippen LogP contribution in [0.3, 0.4) is 0 Å². The molecule has 2 aliphatic heterocycles. The van der Waals surface area contributed by atoms with Gasteiger partial charge in [0.2, 0.25) is 0 Å². The quantitative estimate of drug-likeness (QED) is 0.630. The lowest BCUT2D eigenvalue weighted by molar-refractivity contribution is -0.380. The van der Waals surface area contributed by atoms with E-state index in [-0.39, 0.29) is 9.92 Å². The summed E-state index contributed by atoms with van der Waals surface area (Å²) in [7, 11) is 0. The van der Waals surface area contributed by atoms with Crippen molar-refractivity contribution >= 4 is 33.3 Å². The Morgan fingerprint density at radius 2 is 2.19 bits per heavy atom. The van der Waals surface area contributed by atoms with Gasteiger partial charge in [-0.15, -0.1) is 0 Å². The zero-order chi connectivity index (χ0) is 14.8. The van der Waals surface area contributed by atoms with Crippen molar-refractivity contribution in [1.82, 2.24) is 9.80 Å². The number of nitro groups is 1. The highest BCUT2D eigenvalue weighted by Crippen LogP contribution is 2.25. The molecule has 0 bridgehead atoms. The molecular weight excluding hydrogens is 308 g/mol. The number of hydrogen-bond donors (Lipinski definition) is 0. The molecule has 3 rings (SSSR count). The summed E-state index contributed by atoms with van der Waals surface area (Å²) < 4.78 is 0. The normalized spacial score (nSPS) is 23.4. The first-order valence-corrected chi connectivity index (χ1v) is 8.78. The Hall–Kier alpha value is -1.12. The predicted octanol–water partition coefficient (Wildman–Crippen LogP) is 2.27. The van der Waals surface area contributed by atoms with Gasteiger partial charge in [0.15, 0.2) is 5.17 Å². The fourth-order valence-corrected chi connectivity index (χ4v) is 4.24. The van der Waals surface area contributed by atoms with Gasteiger partial charge in [-0.05, 0) is 5.56 Å². The molecule has 1 saturated heterocycles. The minimum absolute atomic E-state index is 0.231. The Balaban J connectivity index is 1.50. The average Bonchev–Trinajstić information content (AvgIpc) is 3.09. The van der Waals surface area contributed by atoms with Crippen molar-refractivity contribution in [3.8, 4) is 0 Å². The molecule has 0 amide bonds. The Labute approximate surface area is 132 Å². The fourth-order valence-electron chi connectivity index (χ4n) is 2.53. The first-order chi connectivity index (χ1) is 10.1. The van der Waals surface area contributed by atoms with E-state index in [1.165, 1.54) is 16.5 Å². The molecule has 1 aromatic heterocycles.